The van der Waals surface area contributed by atoms with Crippen molar-refractivity contribution in [2.24, 2.45) is 5.41 Å². The fourth-order valence-corrected chi connectivity index (χ4v) is 9.62. The quantitative estimate of drug-likeness (QED) is 0.187. The van der Waals surface area contributed by atoms with E-state index in [2.05, 4.69) is 180 Å². The summed E-state index contributed by atoms with van der Waals surface area (Å²) in [6, 6.07) is 48.8. The summed E-state index contributed by atoms with van der Waals surface area (Å²) in [5.74, 6) is 0. The molecule has 0 radical (unpaired) electrons. The van der Waals surface area contributed by atoms with Gasteiger partial charge in [-0.25, -0.2) is 0 Å². The van der Waals surface area contributed by atoms with E-state index >= 15 is 0 Å². The zero-order chi connectivity index (χ0) is 33.3. The summed E-state index contributed by atoms with van der Waals surface area (Å²) >= 11 is 0. The smallest absolute Gasteiger partial charge is 0.0660 e. The van der Waals surface area contributed by atoms with Gasteiger partial charge in [0.1, 0.15) is 0 Å². The van der Waals surface area contributed by atoms with E-state index in [9.17, 15) is 0 Å². The van der Waals surface area contributed by atoms with Crippen LogP contribution >= 0.6 is 0 Å². The summed E-state index contributed by atoms with van der Waals surface area (Å²) in [5, 5.41) is 4.98. The Morgan fingerprint density at radius 2 is 0.922 bits per heavy atom. The van der Waals surface area contributed by atoms with Gasteiger partial charge in [0.05, 0.1) is 16.4 Å². The number of H-pyrrole nitrogens is 2. The average molecular weight is 647 g/mol. The van der Waals surface area contributed by atoms with Crippen molar-refractivity contribution in [1.82, 2.24) is 9.97 Å². The Bertz CT molecular complexity index is 3060. The van der Waals surface area contributed by atoms with Crippen LogP contribution in [0, 0.1) is 5.41 Å². The third-order valence-electron chi connectivity index (χ3n) is 11.7. The molecule has 0 saturated heterocycles. The number of fused-ring (bicyclic) bond motifs is 14. The molecule has 0 amide bonds. The van der Waals surface area contributed by atoms with Crippen molar-refractivity contribution in [2.75, 3.05) is 0 Å². The third kappa shape index (κ3) is 3.46. The number of nitrogens with one attached hydrogen (secondary N) is 2. The van der Waals surface area contributed by atoms with E-state index < -0.39 is 5.41 Å². The molecule has 0 aliphatic heterocycles. The fraction of sp³-hybridized carbons (Fsp3) is 0.0204. The van der Waals surface area contributed by atoms with Crippen LogP contribution in [0.5, 0.6) is 0 Å². The molecule has 4 aliphatic rings. The highest BCUT2D eigenvalue weighted by atomic mass is 14.7. The van der Waals surface area contributed by atoms with Gasteiger partial charge >= 0.3 is 0 Å². The zero-order valence-electron chi connectivity index (χ0n) is 27.7. The van der Waals surface area contributed by atoms with Gasteiger partial charge in [0.25, 0.3) is 0 Å². The summed E-state index contributed by atoms with van der Waals surface area (Å²) in [7, 11) is 0. The number of aromatic nitrogens is 2. The topological polar surface area (TPSA) is 31.6 Å². The van der Waals surface area contributed by atoms with Crippen molar-refractivity contribution in [3.8, 4) is 0 Å². The predicted molar refractivity (Wildman–Crippen MR) is 215 cm³/mol. The van der Waals surface area contributed by atoms with Crippen molar-refractivity contribution in [3.05, 3.63) is 202 Å². The van der Waals surface area contributed by atoms with Crippen molar-refractivity contribution in [2.45, 2.75) is 0 Å². The molecular formula is C49H30N2. The Hall–Kier alpha value is -6.64. The minimum atomic E-state index is -0.568. The van der Waals surface area contributed by atoms with Gasteiger partial charge in [0.15, 0.2) is 0 Å². The normalized spacial score (nSPS) is 18.6. The molecule has 2 nitrogen and oxygen atoms in total. The molecule has 1 spiro atoms. The maximum Gasteiger partial charge on any atom is 0.0660 e. The summed E-state index contributed by atoms with van der Waals surface area (Å²) < 4.78 is 0. The van der Waals surface area contributed by atoms with Crippen molar-refractivity contribution in [3.63, 3.8) is 0 Å². The molecule has 2 aromatic heterocycles. The van der Waals surface area contributed by atoms with E-state index in [1.807, 2.05) is 0 Å². The van der Waals surface area contributed by atoms with Crippen molar-refractivity contribution in [1.29, 1.82) is 0 Å². The number of rotatable bonds is 2. The zero-order valence-corrected chi connectivity index (χ0v) is 27.7. The van der Waals surface area contributed by atoms with Crippen LogP contribution in [-0.4, -0.2) is 9.97 Å². The molecule has 2 heterocycles. The highest BCUT2D eigenvalue weighted by Gasteiger charge is 2.50. The maximum absolute atomic E-state index is 3.91. The first kappa shape index (κ1) is 27.2. The number of para-hydroxylation sites is 4. The summed E-state index contributed by atoms with van der Waals surface area (Å²) in [6.07, 6.45) is 14.5. The molecule has 4 aliphatic carbocycles. The highest BCUT2D eigenvalue weighted by Crippen LogP contribution is 2.66. The molecule has 1 atom stereocenters. The first-order valence-electron chi connectivity index (χ1n) is 17.8. The monoisotopic (exact) mass is 646 g/mol. The van der Waals surface area contributed by atoms with Crippen LogP contribution in [0.4, 0.5) is 0 Å². The van der Waals surface area contributed by atoms with E-state index in [0.29, 0.717) is 0 Å². The molecule has 6 aromatic carbocycles. The maximum atomic E-state index is 3.91. The fourth-order valence-electron chi connectivity index (χ4n) is 9.62. The van der Waals surface area contributed by atoms with Crippen molar-refractivity contribution < 1.29 is 0 Å². The van der Waals surface area contributed by atoms with Gasteiger partial charge in [-0.1, -0.05) is 140 Å². The van der Waals surface area contributed by atoms with Gasteiger partial charge in [-0.15, -0.1) is 0 Å². The Morgan fingerprint density at radius 1 is 0.412 bits per heavy atom. The number of hydrogen-bond acceptors (Lipinski definition) is 0. The van der Waals surface area contributed by atoms with Crippen molar-refractivity contribution >= 4 is 78.1 Å². The summed E-state index contributed by atoms with van der Waals surface area (Å²) in [6.45, 7) is 0. The second-order valence-corrected chi connectivity index (χ2v) is 14.2. The van der Waals surface area contributed by atoms with Crippen LogP contribution < -0.4 is 0 Å². The highest BCUT2D eigenvalue weighted by molar-refractivity contribution is 6.23. The largest absolute Gasteiger partial charge is 0.354 e. The molecule has 1 unspecified atom stereocenters. The van der Waals surface area contributed by atoms with Gasteiger partial charge in [0, 0.05) is 43.7 Å². The minimum Gasteiger partial charge on any atom is -0.354 e. The predicted octanol–water partition coefficient (Wildman–Crippen LogP) is 12.4. The first-order chi connectivity index (χ1) is 25.3. The first-order valence-corrected chi connectivity index (χ1v) is 17.8. The van der Waals surface area contributed by atoms with E-state index in [4.69, 9.17) is 0 Å². The average Bonchev–Trinajstić information content (AvgIpc) is 3.95. The summed E-state index contributed by atoms with van der Waals surface area (Å²) in [5.41, 5.74) is 19.4. The van der Waals surface area contributed by atoms with Crippen LogP contribution in [0.2, 0.25) is 0 Å². The second-order valence-electron chi connectivity index (χ2n) is 14.2. The van der Waals surface area contributed by atoms with Gasteiger partial charge in [-0.3, -0.25) is 0 Å². The molecular weight excluding hydrogens is 617 g/mol. The number of aromatic amines is 2. The molecule has 0 bridgehead atoms. The molecule has 2 N–H and O–H groups in total. The van der Waals surface area contributed by atoms with Gasteiger partial charge in [-0.2, -0.15) is 0 Å². The SMILES string of the molecule is C1=CC2(C3=Cc4ccccc4C3=C1)C1=Cc3ccccc3C1=CC(c1cccc3c1[nH]c1ccccc13)=C2c1cccc2c1[nH]c1ccccc12. The molecule has 8 aromatic rings. The Kier molecular flexibility index (Phi) is 5.20. The van der Waals surface area contributed by atoms with Gasteiger partial charge in [-0.05, 0) is 86.1 Å². The van der Waals surface area contributed by atoms with Crippen LogP contribution in [0.25, 0.3) is 78.1 Å². The summed E-state index contributed by atoms with van der Waals surface area (Å²) in [4.78, 5) is 7.79. The lowest BCUT2D eigenvalue weighted by atomic mass is 9.58. The molecule has 12 rings (SSSR count). The molecule has 236 valence electrons. The lowest BCUT2D eigenvalue weighted by molar-refractivity contribution is 0.782. The molecule has 51 heavy (non-hydrogen) atoms. The molecule has 0 fully saturated rings. The van der Waals surface area contributed by atoms with E-state index in [1.165, 1.54) is 99.4 Å². The lowest BCUT2D eigenvalue weighted by Gasteiger charge is -2.44. The van der Waals surface area contributed by atoms with Crippen LogP contribution in [-0.2, 0) is 0 Å². The lowest BCUT2D eigenvalue weighted by Crippen LogP contribution is -2.30. The number of benzene rings is 6. The Morgan fingerprint density at radius 3 is 1.61 bits per heavy atom. The van der Waals surface area contributed by atoms with Crippen LogP contribution in [0.1, 0.15) is 33.4 Å². The minimum absolute atomic E-state index is 0.568. The Labute approximate surface area is 294 Å². The van der Waals surface area contributed by atoms with Gasteiger partial charge < -0.3 is 9.97 Å². The third-order valence-corrected chi connectivity index (χ3v) is 11.7. The molecule has 2 heteroatoms. The van der Waals surface area contributed by atoms with Crippen LogP contribution in [0.3, 0.4) is 0 Å². The Balaban J connectivity index is 1.29. The van der Waals surface area contributed by atoms with E-state index in [-0.39, 0.29) is 0 Å². The van der Waals surface area contributed by atoms with Crippen LogP contribution in [0.15, 0.2) is 169 Å². The molecule has 0 saturated carbocycles. The standard InChI is InChI=1S/C49H30N2/c1-3-14-31-29(12-1)26-42-33(31)22-11-25-49(42)43-27-30-13-2-4-15-32(30)40(43)28-41(38-20-9-18-36-34-16-5-7-23-44(34)50-47(36)38)46(49)39-21-10-19-37-35-17-6-8-24-45(35)51-48(37)39/h1-28,50-51H. The van der Waals surface area contributed by atoms with Gasteiger partial charge in [0.2, 0.25) is 0 Å². The number of hydrogen-bond donors (Lipinski definition) is 2. The number of allylic oxidation sites excluding steroid dienone is 10. The van der Waals surface area contributed by atoms with E-state index in [0.717, 1.165) is 11.0 Å². The van der Waals surface area contributed by atoms with E-state index in [1.54, 1.807) is 0 Å². The second kappa shape index (κ2) is 9.74.